The van der Waals surface area contributed by atoms with Gasteiger partial charge in [0.25, 0.3) is 0 Å². The van der Waals surface area contributed by atoms with Crippen LogP contribution >= 0.6 is 37.2 Å². The number of hydrogen-bond acceptors (Lipinski definition) is 0. The summed E-state index contributed by atoms with van der Waals surface area (Å²) in [4.78, 5) is 0. The molecule has 8 heavy (non-hydrogen) atoms. The van der Waals surface area contributed by atoms with Crippen molar-refractivity contribution in [3.8, 4) is 0 Å². The van der Waals surface area contributed by atoms with Crippen LogP contribution in [0.1, 0.15) is 0 Å². The van der Waals surface area contributed by atoms with E-state index in [0.717, 1.165) is 0 Å². The Morgan fingerprint density at radius 2 is 0.500 bits per heavy atom. The monoisotopic (exact) mass is 447 g/mol. The number of hydrogen-bond donors (Lipinski definition) is 0. The Hall–Kier alpha value is 4.06. The first-order valence-electron chi connectivity index (χ1n) is 0. The van der Waals surface area contributed by atoms with Crippen LogP contribution in [0.15, 0.2) is 0 Å². The number of halogens is 6. The predicted octanol–water partition coefficient (Wildman–Crippen LogP) is -10.7. The molecule has 0 saturated heterocycles. The van der Waals surface area contributed by atoms with E-state index in [9.17, 15) is 0 Å². The SMILES string of the molecule is Cl.Cl.Cl.[Cl-].[Cl-].[Cl-].[K+].[Pt+2]. The van der Waals surface area contributed by atoms with Gasteiger partial charge in [0.15, 0.2) is 0 Å². The maximum atomic E-state index is 0. The molecule has 0 N–H and O–H groups in total. The van der Waals surface area contributed by atoms with Gasteiger partial charge in [-0.15, -0.1) is 37.2 Å². The summed E-state index contributed by atoms with van der Waals surface area (Å²) in [6.07, 6.45) is 0. The second-order valence-electron chi connectivity index (χ2n) is 0. The van der Waals surface area contributed by atoms with Crippen molar-refractivity contribution < 1.29 is 110 Å². The quantitative estimate of drug-likeness (QED) is 0.322. The molecular formula is H3Cl6KPt. The zero-order valence-corrected chi connectivity index (χ0v) is 13.8. The average molecular weight is 450 g/mol. The van der Waals surface area contributed by atoms with Gasteiger partial charge in [0, 0.05) is 0 Å². The van der Waals surface area contributed by atoms with Gasteiger partial charge in [0.1, 0.15) is 0 Å². The summed E-state index contributed by atoms with van der Waals surface area (Å²) in [6.45, 7) is 0. The minimum absolute atomic E-state index is 0. The molecule has 0 fully saturated rings. The van der Waals surface area contributed by atoms with Crippen LogP contribution in [0.2, 0.25) is 0 Å². The molecule has 0 nitrogen and oxygen atoms in total. The molecule has 0 aromatic rings. The smallest absolute Gasteiger partial charge is 1.00 e. The van der Waals surface area contributed by atoms with Crippen molar-refractivity contribution in [2.24, 2.45) is 0 Å². The topological polar surface area (TPSA) is 0 Å². The van der Waals surface area contributed by atoms with Crippen molar-refractivity contribution in [1.82, 2.24) is 0 Å². The van der Waals surface area contributed by atoms with Crippen molar-refractivity contribution in [1.29, 1.82) is 0 Å². The van der Waals surface area contributed by atoms with Gasteiger partial charge in [0.05, 0.1) is 0 Å². The molecule has 0 heterocycles. The van der Waals surface area contributed by atoms with Crippen molar-refractivity contribution >= 4 is 37.2 Å². The van der Waals surface area contributed by atoms with Gasteiger partial charge < -0.3 is 37.2 Å². The largest absolute Gasteiger partial charge is 2.00 e. The molecule has 0 bridgehead atoms. The third-order valence-corrected chi connectivity index (χ3v) is 0. The van der Waals surface area contributed by atoms with Crippen LogP contribution in [0, 0.1) is 0 Å². The molecule has 0 amide bonds. The Balaban J connectivity index is 0. The fourth-order valence-electron chi connectivity index (χ4n) is 0. The van der Waals surface area contributed by atoms with Crippen LogP contribution in [0.4, 0.5) is 0 Å². The minimum Gasteiger partial charge on any atom is -1.00 e. The van der Waals surface area contributed by atoms with Crippen LogP contribution in [0.25, 0.3) is 0 Å². The molecule has 0 rings (SSSR count). The summed E-state index contributed by atoms with van der Waals surface area (Å²) in [7, 11) is 0. The summed E-state index contributed by atoms with van der Waals surface area (Å²) in [6, 6.07) is 0. The molecule has 0 unspecified atom stereocenters. The van der Waals surface area contributed by atoms with Gasteiger partial charge in [-0.2, -0.15) is 0 Å². The van der Waals surface area contributed by atoms with Crippen LogP contribution < -0.4 is 88.6 Å². The van der Waals surface area contributed by atoms with Crippen LogP contribution in [0.5, 0.6) is 0 Å². The van der Waals surface area contributed by atoms with Crippen LogP contribution in [0.3, 0.4) is 0 Å². The third-order valence-electron chi connectivity index (χ3n) is 0. The first-order chi connectivity index (χ1) is 0. The first kappa shape index (κ1) is 89.4. The summed E-state index contributed by atoms with van der Waals surface area (Å²) >= 11 is 0. The second kappa shape index (κ2) is 67.8. The van der Waals surface area contributed by atoms with Crippen LogP contribution in [-0.4, -0.2) is 0 Å². The molecule has 0 aliphatic heterocycles. The Morgan fingerprint density at radius 1 is 0.500 bits per heavy atom. The van der Waals surface area contributed by atoms with E-state index < -0.39 is 0 Å². The van der Waals surface area contributed by atoms with E-state index in [1.807, 2.05) is 0 Å². The standard InChI is InChI=1S/6ClH.K.Pt/h6*1H;;/q;;;;;;+1;+2/p-3. The summed E-state index contributed by atoms with van der Waals surface area (Å²) in [5, 5.41) is 0. The second-order valence-corrected chi connectivity index (χ2v) is 0. The van der Waals surface area contributed by atoms with E-state index in [4.69, 9.17) is 0 Å². The Morgan fingerprint density at radius 3 is 0.500 bits per heavy atom. The van der Waals surface area contributed by atoms with Crippen molar-refractivity contribution in [2.45, 2.75) is 0 Å². The third kappa shape index (κ3) is 50.1. The molecule has 0 atom stereocenters. The maximum absolute atomic E-state index is 0. The van der Waals surface area contributed by atoms with E-state index in [1.54, 1.807) is 0 Å². The fourth-order valence-corrected chi connectivity index (χ4v) is 0. The summed E-state index contributed by atoms with van der Waals surface area (Å²) in [5.41, 5.74) is 0. The Kier molecular flexibility index (Phi) is 758. The van der Waals surface area contributed by atoms with Gasteiger partial charge in [-0.1, -0.05) is 0 Å². The molecule has 0 spiro atoms. The van der Waals surface area contributed by atoms with Crippen molar-refractivity contribution in [3.05, 3.63) is 0 Å². The molecule has 0 aromatic carbocycles. The molecule has 56 valence electrons. The first-order valence-corrected chi connectivity index (χ1v) is 0. The molecule has 0 aromatic heterocycles. The van der Waals surface area contributed by atoms with Gasteiger partial charge >= 0.3 is 72.4 Å². The van der Waals surface area contributed by atoms with Crippen LogP contribution in [-0.2, 0) is 21.1 Å². The fraction of sp³-hybridized carbons (Fsp3) is 0. The molecule has 0 radical (unpaired) electrons. The van der Waals surface area contributed by atoms with E-state index in [2.05, 4.69) is 0 Å². The Labute approximate surface area is 144 Å². The average Bonchev–Trinajstić information content (AvgIpc) is 0. The van der Waals surface area contributed by atoms with Gasteiger partial charge in [-0.3, -0.25) is 0 Å². The molecule has 0 saturated carbocycles. The van der Waals surface area contributed by atoms with Crippen molar-refractivity contribution in [3.63, 3.8) is 0 Å². The summed E-state index contributed by atoms with van der Waals surface area (Å²) in [5.74, 6) is 0. The zero-order valence-electron chi connectivity index (χ0n) is 3.67. The van der Waals surface area contributed by atoms with Gasteiger partial charge in [0.2, 0.25) is 0 Å². The molecule has 8 heteroatoms. The maximum Gasteiger partial charge on any atom is 2.00 e. The minimum atomic E-state index is 0. The van der Waals surface area contributed by atoms with Crippen molar-refractivity contribution in [2.75, 3.05) is 0 Å². The van der Waals surface area contributed by atoms with E-state index in [1.165, 1.54) is 0 Å². The van der Waals surface area contributed by atoms with E-state index in [-0.39, 0.29) is 147 Å². The predicted molar refractivity (Wildman–Crippen MR) is 21.7 cm³/mol. The zero-order chi connectivity index (χ0) is 0. The van der Waals surface area contributed by atoms with Gasteiger partial charge in [-0.05, 0) is 0 Å². The normalized spacial score (nSPS) is 0. The summed E-state index contributed by atoms with van der Waals surface area (Å²) < 4.78 is 0. The molecular weight excluding hydrogens is 447 g/mol. The van der Waals surface area contributed by atoms with E-state index in [0.29, 0.717) is 0 Å². The van der Waals surface area contributed by atoms with E-state index >= 15 is 0 Å². The molecule has 0 aliphatic carbocycles. The van der Waals surface area contributed by atoms with Gasteiger partial charge in [-0.25, -0.2) is 0 Å². The Bertz CT molecular complexity index is 8.49. The molecule has 0 aliphatic rings. The number of rotatable bonds is 0.